The Kier molecular flexibility index (Phi) is 4.78. The molecule has 0 heterocycles. The van der Waals surface area contributed by atoms with Gasteiger partial charge in [-0.3, -0.25) is 4.79 Å². The molecular formula is C17H17NO4. The number of hydrogen-bond donors (Lipinski definition) is 2. The van der Waals surface area contributed by atoms with Crippen LogP contribution in [0.15, 0.2) is 48.5 Å². The third-order valence-electron chi connectivity index (χ3n) is 3.16. The third-order valence-corrected chi connectivity index (χ3v) is 3.16. The van der Waals surface area contributed by atoms with E-state index in [1.54, 1.807) is 32.0 Å². The van der Waals surface area contributed by atoms with Gasteiger partial charge in [-0.2, -0.15) is 0 Å². The summed E-state index contributed by atoms with van der Waals surface area (Å²) >= 11 is 0. The van der Waals surface area contributed by atoms with Gasteiger partial charge >= 0.3 is 5.97 Å². The van der Waals surface area contributed by atoms with E-state index in [0.29, 0.717) is 17.0 Å². The minimum atomic E-state index is -0.998. The molecule has 22 heavy (non-hydrogen) atoms. The Balaban J connectivity index is 2.04. The molecule has 1 amide bonds. The predicted octanol–water partition coefficient (Wildman–Crippen LogP) is 3.10. The van der Waals surface area contributed by atoms with Crippen LogP contribution in [0.2, 0.25) is 0 Å². The highest BCUT2D eigenvalue weighted by molar-refractivity contribution is 5.96. The molecule has 2 aromatic rings. The lowest BCUT2D eigenvalue weighted by molar-refractivity contribution is -0.122. The van der Waals surface area contributed by atoms with Crippen LogP contribution in [0.5, 0.6) is 5.75 Å². The Labute approximate surface area is 128 Å². The van der Waals surface area contributed by atoms with Crippen LogP contribution in [0.3, 0.4) is 0 Å². The average molecular weight is 299 g/mol. The van der Waals surface area contributed by atoms with Gasteiger partial charge in [-0.25, -0.2) is 4.79 Å². The van der Waals surface area contributed by atoms with E-state index < -0.39 is 12.1 Å². The zero-order valence-corrected chi connectivity index (χ0v) is 12.4. The van der Waals surface area contributed by atoms with Crippen LogP contribution >= 0.6 is 0 Å². The van der Waals surface area contributed by atoms with Crippen molar-refractivity contribution in [2.45, 2.75) is 20.0 Å². The van der Waals surface area contributed by atoms with Crippen molar-refractivity contribution < 1.29 is 19.4 Å². The molecule has 5 heteroatoms. The van der Waals surface area contributed by atoms with Gasteiger partial charge in [0.2, 0.25) is 0 Å². The number of carbonyl (C=O) groups excluding carboxylic acids is 1. The van der Waals surface area contributed by atoms with Gasteiger partial charge in [0.1, 0.15) is 5.75 Å². The highest BCUT2D eigenvalue weighted by atomic mass is 16.5. The Morgan fingerprint density at radius 2 is 1.82 bits per heavy atom. The van der Waals surface area contributed by atoms with E-state index in [-0.39, 0.29) is 11.5 Å². The number of carboxylic acids is 1. The van der Waals surface area contributed by atoms with Gasteiger partial charge in [0.15, 0.2) is 6.10 Å². The summed E-state index contributed by atoms with van der Waals surface area (Å²) in [6, 6.07) is 13.6. The van der Waals surface area contributed by atoms with Crippen molar-refractivity contribution in [1.29, 1.82) is 0 Å². The van der Waals surface area contributed by atoms with Gasteiger partial charge in [-0.15, -0.1) is 0 Å². The maximum absolute atomic E-state index is 12.1. The molecule has 0 fully saturated rings. The van der Waals surface area contributed by atoms with Crippen LogP contribution in [0.1, 0.15) is 22.8 Å². The number of ether oxygens (including phenoxy) is 1. The van der Waals surface area contributed by atoms with Crippen molar-refractivity contribution in [3.05, 3.63) is 59.7 Å². The maximum atomic E-state index is 12.1. The first-order valence-electron chi connectivity index (χ1n) is 6.84. The first kappa shape index (κ1) is 15.6. The maximum Gasteiger partial charge on any atom is 0.335 e. The van der Waals surface area contributed by atoms with E-state index in [1.807, 2.05) is 18.2 Å². The van der Waals surface area contributed by atoms with E-state index in [4.69, 9.17) is 9.84 Å². The van der Waals surface area contributed by atoms with Crippen molar-refractivity contribution in [1.82, 2.24) is 0 Å². The lowest BCUT2D eigenvalue weighted by atomic mass is 10.1. The van der Waals surface area contributed by atoms with Crippen LogP contribution in [0, 0.1) is 6.92 Å². The Morgan fingerprint density at radius 3 is 2.41 bits per heavy atom. The number of aryl methyl sites for hydroxylation is 1. The molecule has 0 bridgehead atoms. The summed E-state index contributed by atoms with van der Waals surface area (Å²) in [5.74, 6) is -0.681. The molecule has 5 nitrogen and oxygen atoms in total. The summed E-state index contributed by atoms with van der Waals surface area (Å²) in [5.41, 5.74) is 1.43. The highest BCUT2D eigenvalue weighted by Gasteiger charge is 2.16. The van der Waals surface area contributed by atoms with E-state index in [1.165, 1.54) is 12.1 Å². The number of amides is 1. The van der Waals surface area contributed by atoms with Gasteiger partial charge in [0.25, 0.3) is 5.91 Å². The minimum absolute atomic E-state index is 0.184. The Bertz CT molecular complexity index is 682. The normalized spacial score (nSPS) is 11.5. The standard InChI is InChI=1S/C17H17NO4/c1-11-10-13(17(20)21)8-9-15(11)18-16(19)12(2)22-14-6-4-3-5-7-14/h3-10,12H,1-2H3,(H,18,19)(H,20,21). The molecule has 1 unspecified atom stereocenters. The second kappa shape index (κ2) is 6.76. The fourth-order valence-electron chi connectivity index (χ4n) is 1.93. The van der Waals surface area contributed by atoms with Crippen LogP contribution in [0.25, 0.3) is 0 Å². The Hall–Kier alpha value is -2.82. The van der Waals surface area contributed by atoms with Crippen LogP contribution in [-0.4, -0.2) is 23.1 Å². The number of carbonyl (C=O) groups is 2. The molecule has 0 radical (unpaired) electrons. The van der Waals surface area contributed by atoms with Crippen molar-refractivity contribution in [3.63, 3.8) is 0 Å². The SMILES string of the molecule is Cc1cc(C(=O)O)ccc1NC(=O)C(C)Oc1ccccc1. The first-order valence-corrected chi connectivity index (χ1v) is 6.84. The third kappa shape index (κ3) is 3.85. The van der Waals surface area contributed by atoms with Crippen LogP contribution < -0.4 is 10.1 Å². The number of nitrogens with one attached hydrogen (secondary N) is 1. The second-order valence-corrected chi connectivity index (χ2v) is 4.90. The largest absolute Gasteiger partial charge is 0.481 e. The molecule has 2 rings (SSSR count). The van der Waals surface area contributed by atoms with Gasteiger partial charge in [0.05, 0.1) is 5.56 Å². The first-order chi connectivity index (χ1) is 10.5. The number of hydrogen-bond acceptors (Lipinski definition) is 3. The molecule has 0 spiro atoms. The smallest absolute Gasteiger partial charge is 0.335 e. The molecule has 0 aromatic heterocycles. The van der Waals surface area contributed by atoms with Gasteiger partial charge in [-0.1, -0.05) is 18.2 Å². The summed E-state index contributed by atoms with van der Waals surface area (Å²) in [4.78, 5) is 23.0. The quantitative estimate of drug-likeness (QED) is 0.889. The molecule has 0 aliphatic rings. The van der Waals surface area contributed by atoms with E-state index >= 15 is 0 Å². The number of benzene rings is 2. The molecule has 114 valence electrons. The predicted molar refractivity (Wildman–Crippen MR) is 83.3 cm³/mol. The summed E-state index contributed by atoms with van der Waals surface area (Å²) < 4.78 is 5.54. The van der Waals surface area contributed by atoms with Gasteiger partial charge in [0, 0.05) is 5.69 Å². The van der Waals surface area contributed by atoms with Crippen molar-refractivity contribution in [3.8, 4) is 5.75 Å². The highest BCUT2D eigenvalue weighted by Crippen LogP contribution is 2.18. The van der Waals surface area contributed by atoms with Gasteiger partial charge in [-0.05, 0) is 49.7 Å². The monoisotopic (exact) mass is 299 g/mol. The molecule has 0 saturated heterocycles. The number of carboxylic acid groups (broad SMARTS) is 1. The summed E-state index contributed by atoms with van der Waals surface area (Å²) in [6.45, 7) is 3.40. The topological polar surface area (TPSA) is 75.6 Å². The van der Waals surface area contributed by atoms with Crippen molar-refractivity contribution >= 4 is 17.6 Å². The summed E-state index contributed by atoms with van der Waals surface area (Å²) in [6.07, 6.45) is -0.666. The molecule has 0 aliphatic carbocycles. The molecule has 0 aliphatic heterocycles. The Morgan fingerprint density at radius 1 is 1.14 bits per heavy atom. The molecule has 1 atom stereocenters. The van der Waals surface area contributed by atoms with Crippen LogP contribution in [0.4, 0.5) is 5.69 Å². The lowest BCUT2D eigenvalue weighted by Gasteiger charge is -2.16. The lowest BCUT2D eigenvalue weighted by Crippen LogP contribution is -2.30. The van der Waals surface area contributed by atoms with E-state index in [0.717, 1.165) is 0 Å². The van der Waals surface area contributed by atoms with Crippen molar-refractivity contribution in [2.24, 2.45) is 0 Å². The van der Waals surface area contributed by atoms with Crippen molar-refractivity contribution in [2.75, 3.05) is 5.32 Å². The summed E-state index contributed by atoms with van der Waals surface area (Å²) in [7, 11) is 0. The number of rotatable bonds is 5. The molecule has 0 saturated carbocycles. The second-order valence-electron chi connectivity index (χ2n) is 4.90. The zero-order valence-electron chi connectivity index (χ0n) is 12.4. The molecule has 2 N–H and O–H groups in total. The molecular weight excluding hydrogens is 282 g/mol. The summed E-state index contributed by atoms with van der Waals surface area (Å²) in [5, 5.41) is 11.7. The van der Waals surface area contributed by atoms with E-state index in [9.17, 15) is 9.59 Å². The van der Waals surface area contributed by atoms with Gasteiger partial charge < -0.3 is 15.2 Å². The number of anilines is 1. The number of aromatic carboxylic acids is 1. The minimum Gasteiger partial charge on any atom is -0.481 e. The van der Waals surface area contributed by atoms with Crippen LogP contribution in [-0.2, 0) is 4.79 Å². The number of para-hydroxylation sites is 1. The fourth-order valence-corrected chi connectivity index (χ4v) is 1.93. The van der Waals surface area contributed by atoms with E-state index in [2.05, 4.69) is 5.32 Å². The average Bonchev–Trinajstić information content (AvgIpc) is 2.50. The molecule has 2 aromatic carbocycles. The zero-order chi connectivity index (χ0) is 16.1. The fraction of sp³-hybridized carbons (Fsp3) is 0.176.